The van der Waals surface area contributed by atoms with Crippen molar-refractivity contribution >= 4 is 11.5 Å². The van der Waals surface area contributed by atoms with Crippen LogP contribution >= 0.6 is 0 Å². The van der Waals surface area contributed by atoms with E-state index in [2.05, 4.69) is 9.80 Å². The first-order chi connectivity index (χ1) is 9.38. The lowest BCUT2D eigenvalue weighted by molar-refractivity contribution is -0.125. The van der Waals surface area contributed by atoms with Crippen molar-refractivity contribution in [3.05, 3.63) is 30.1 Å². The van der Waals surface area contributed by atoms with E-state index in [1.807, 2.05) is 26.0 Å². The number of rotatable bonds is 4. The molecule has 0 aromatic heterocycles. The quantitative estimate of drug-likeness (QED) is 0.845. The molecule has 20 heavy (non-hydrogen) atoms. The Morgan fingerprint density at radius 2 is 1.70 bits per heavy atom. The van der Waals surface area contributed by atoms with E-state index in [4.69, 9.17) is 0 Å². The highest BCUT2D eigenvalue weighted by atomic mass is 19.1. The second-order valence-corrected chi connectivity index (χ2v) is 6.18. The van der Waals surface area contributed by atoms with Crippen molar-refractivity contribution in [1.29, 1.82) is 0 Å². The summed E-state index contributed by atoms with van der Waals surface area (Å²) < 4.78 is 12.9. The van der Waals surface area contributed by atoms with Gasteiger partial charge in [0.25, 0.3) is 0 Å². The van der Waals surface area contributed by atoms with Crippen molar-refractivity contribution in [2.45, 2.75) is 20.8 Å². The van der Waals surface area contributed by atoms with Gasteiger partial charge in [0.05, 0.1) is 0 Å². The highest BCUT2D eigenvalue weighted by molar-refractivity contribution is 5.81. The largest absolute Gasteiger partial charge is 0.369 e. The number of carbonyl (C=O) groups excluding carboxylic acids is 1. The third-order valence-electron chi connectivity index (χ3n) is 4.14. The van der Waals surface area contributed by atoms with E-state index >= 15 is 0 Å². The van der Waals surface area contributed by atoms with Crippen LogP contribution in [0.15, 0.2) is 24.3 Å². The number of anilines is 1. The first kappa shape index (κ1) is 15.0. The summed E-state index contributed by atoms with van der Waals surface area (Å²) in [5.74, 6) is 0.0362. The Balaban J connectivity index is 1.89. The first-order valence-corrected chi connectivity index (χ1v) is 7.12. The smallest absolute Gasteiger partial charge is 0.136 e. The van der Waals surface area contributed by atoms with Gasteiger partial charge in [0.2, 0.25) is 0 Å². The number of benzene rings is 1. The molecule has 0 unspecified atom stereocenters. The maximum absolute atomic E-state index is 12.9. The second-order valence-electron chi connectivity index (χ2n) is 6.18. The van der Waals surface area contributed by atoms with E-state index in [1.165, 1.54) is 12.1 Å². The second kappa shape index (κ2) is 5.92. The van der Waals surface area contributed by atoms with E-state index in [1.54, 1.807) is 6.92 Å². The minimum absolute atomic E-state index is 0.199. The molecule has 0 aliphatic carbocycles. The summed E-state index contributed by atoms with van der Waals surface area (Å²) in [6.45, 7) is 10.2. The fourth-order valence-electron chi connectivity index (χ4n) is 2.49. The van der Waals surface area contributed by atoms with Gasteiger partial charge in [0.15, 0.2) is 0 Å². The summed E-state index contributed by atoms with van der Waals surface area (Å²) in [5.41, 5.74) is 0.787. The van der Waals surface area contributed by atoms with Crippen molar-refractivity contribution in [2.75, 3.05) is 37.6 Å². The molecule has 0 amide bonds. The molecule has 0 N–H and O–H groups in total. The van der Waals surface area contributed by atoms with Crippen molar-refractivity contribution in [1.82, 2.24) is 4.90 Å². The highest BCUT2D eigenvalue weighted by Crippen LogP contribution is 2.21. The van der Waals surface area contributed by atoms with Crippen LogP contribution in [0.2, 0.25) is 0 Å². The molecule has 0 radical (unpaired) electrons. The number of piperazine rings is 1. The predicted molar refractivity (Wildman–Crippen MR) is 79.5 cm³/mol. The molecule has 1 heterocycles. The number of hydrogen-bond acceptors (Lipinski definition) is 3. The predicted octanol–water partition coefficient (Wildman–Crippen LogP) is 2.56. The maximum atomic E-state index is 12.9. The van der Waals surface area contributed by atoms with Crippen LogP contribution in [0.1, 0.15) is 20.8 Å². The Morgan fingerprint density at radius 1 is 1.15 bits per heavy atom. The van der Waals surface area contributed by atoms with Crippen LogP contribution < -0.4 is 4.90 Å². The highest BCUT2D eigenvalue weighted by Gasteiger charge is 2.28. The minimum atomic E-state index is -0.280. The zero-order valence-electron chi connectivity index (χ0n) is 12.5. The zero-order chi connectivity index (χ0) is 14.8. The summed E-state index contributed by atoms with van der Waals surface area (Å²) in [5, 5.41) is 0. The number of nitrogens with zero attached hydrogens (tertiary/aromatic N) is 2. The van der Waals surface area contributed by atoms with Crippen LogP contribution in [0, 0.1) is 11.2 Å². The Bertz CT molecular complexity index is 462. The van der Waals surface area contributed by atoms with Gasteiger partial charge >= 0.3 is 0 Å². The Hall–Kier alpha value is -1.42. The van der Waals surface area contributed by atoms with Crippen molar-refractivity contribution in [2.24, 2.45) is 5.41 Å². The van der Waals surface area contributed by atoms with Gasteiger partial charge in [0, 0.05) is 43.8 Å². The van der Waals surface area contributed by atoms with E-state index in [0.717, 1.165) is 38.4 Å². The average Bonchev–Trinajstić information content (AvgIpc) is 2.40. The minimum Gasteiger partial charge on any atom is -0.369 e. The molecule has 1 aliphatic heterocycles. The molecule has 0 bridgehead atoms. The zero-order valence-corrected chi connectivity index (χ0v) is 12.5. The van der Waals surface area contributed by atoms with E-state index in [0.29, 0.717) is 0 Å². The number of halogens is 1. The van der Waals surface area contributed by atoms with Crippen LogP contribution in [-0.4, -0.2) is 43.4 Å². The van der Waals surface area contributed by atoms with Gasteiger partial charge in [-0.05, 0) is 31.2 Å². The third kappa shape index (κ3) is 3.57. The maximum Gasteiger partial charge on any atom is 0.136 e. The molecule has 0 saturated carbocycles. The summed E-state index contributed by atoms with van der Waals surface area (Å²) in [6.07, 6.45) is 0. The lowest BCUT2D eigenvalue weighted by Gasteiger charge is -2.39. The third-order valence-corrected chi connectivity index (χ3v) is 4.14. The molecule has 1 aromatic carbocycles. The molecule has 0 atom stereocenters. The Morgan fingerprint density at radius 3 is 2.20 bits per heavy atom. The van der Waals surface area contributed by atoms with E-state index in [-0.39, 0.29) is 17.0 Å². The van der Waals surface area contributed by atoms with Gasteiger partial charge in [-0.2, -0.15) is 0 Å². The van der Waals surface area contributed by atoms with Gasteiger partial charge in [-0.1, -0.05) is 13.8 Å². The summed E-state index contributed by atoms with van der Waals surface area (Å²) >= 11 is 0. The van der Waals surface area contributed by atoms with Crippen molar-refractivity contribution in [3.63, 3.8) is 0 Å². The molecule has 1 aliphatic rings. The van der Waals surface area contributed by atoms with Crippen molar-refractivity contribution < 1.29 is 9.18 Å². The van der Waals surface area contributed by atoms with Gasteiger partial charge in [-0.25, -0.2) is 4.39 Å². The molecular formula is C16H23FN2O. The molecule has 0 spiro atoms. The topological polar surface area (TPSA) is 23.6 Å². The SMILES string of the molecule is CC(=O)C(C)(C)CN1CCN(c2ccc(F)cc2)CC1. The molecule has 4 heteroatoms. The van der Waals surface area contributed by atoms with Gasteiger partial charge in [0.1, 0.15) is 11.6 Å². The van der Waals surface area contributed by atoms with Gasteiger partial charge in [-0.3, -0.25) is 9.69 Å². The molecular weight excluding hydrogens is 255 g/mol. The van der Waals surface area contributed by atoms with E-state index < -0.39 is 0 Å². The normalized spacial score (nSPS) is 17.3. The summed E-state index contributed by atoms with van der Waals surface area (Å²) in [7, 11) is 0. The van der Waals surface area contributed by atoms with Crippen LogP contribution in [0.25, 0.3) is 0 Å². The monoisotopic (exact) mass is 278 g/mol. The summed E-state index contributed by atoms with van der Waals surface area (Å²) in [6, 6.07) is 6.65. The number of Topliss-reactive ketones (excluding diaryl/α,β-unsaturated/α-hetero) is 1. The Kier molecular flexibility index (Phi) is 4.43. The standard InChI is InChI=1S/C16H23FN2O/c1-13(20)16(2,3)12-18-8-10-19(11-9-18)15-6-4-14(17)5-7-15/h4-7H,8-12H2,1-3H3. The number of hydrogen-bond donors (Lipinski definition) is 0. The summed E-state index contributed by atoms with van der Waals surface area (Å²) in [4.78, 5) is 16.2. The fourth-order valence-corrected chi connectivity index (χ4v) is 2.49. The molecule has 1 saturated heterocycles. The molecule has 1 aromatic rings. The first-order valence-electron chi connectivity index (χ1n) is 7.12. The Labute approximate surface area is 120 Å². The van der Waals surface area contributed by atoms with Crippen molar-refractivity contribution in [3.8, 4) is 0 Å². The molecule has 2 rings (SSSR count). The number of carbonyl (C=O) groups is 1. The lowest BCUT2D eigenvalue weighted by Crippen LogP contribution is -2.50. The number of ketones is 1. The van der Waals surface area contributed by atoms with Gasteiger partial charge in [-0.15, -0.1) is 0 Å². The average molecular weight is 278 g/mol. The van der Waals surface area contributed by atoms with Crippen LogP contribution in [-0.2, 0) is 4.79 Å². The molecule has 3 nitrogen and oxygen atoms in total. The van der Waals surface area contributed by atoms with Crippen LogP contribution in [0.5, 0.6) is 0 Å². The van der Waals surface area contributed by atoms with E-state index in [9.17, 15) is 9.18 Å². The molecule has 110 valence electrons. The fraction of sp³-hybridized carbons (Fsp3) is 0.562. The lowest BCUT2D eigenvalue weighted by atomic mass is 9.88. The van der Waals surface area contributed by atoms with Gasteiger partial charge < -0.3 is 4.90 Å². The van der Waals surface area contributed by atoms with Crippen LogP contribution in [0.3, 0.4) is 0 Å². The molecule has 1 fully saturated rings. The van der Waals surface area contributed by atoms with Crippen LogP contribution in [0.4, 0.5) is 10.1 Å².